The van der Waals surface area contributed by atoms with E-state index in [-0.39, 0.29) is 5.69 Å². The number of furan rings is 1. The molecule has 2 bridgehead atoms. The van der Waals surface area contributed by atoms with Crippen molar-refractivity contribution in [2.75, 3.05) is 0 Å². The quantitative estimate of drug-likeness (QED) is 0.406. The van der Waals surface area contributed by atoms with Crippen LogP contribution >= 0.6 is 11.6 Å². The van der Waals surface area contributed by atoms with Crippen LogP contribution in [0.4, 0.5) is 4.39 Å². The van der Waals surface area contributed by atoms with Crippen molar-refractivity contribution in [2.45, 2.75) is 39.0 Å². The van der Waals surface area contributed by atoms with Gasteiger partial charge in [-0.05, 0) is 67.9 Å². The van der Waals surface area contributed by atoms with E-state index in [1.165, 1.54) is 38.1 Å². The van der Waals surface area contributed by atoms with Gasteiger partial charge in [0.15, 0.2) is 23.0 Å². The molecule has 3 aliphatic carbocycles. The molecule has 4 heterocycles. The summed E-state index contributed by atoms with van der Waals surface area (Å²) in [6, 6.07) is 3.45. The highest BCUT2D eigenvalue weighted by Crippen LogP contribution is 2.50. The van der Waals surface area contributed by atoms with Crippen molar-refractivity contribution in [1.82, 2.24) is 24.9 Å². The number of halogens is 2. The van der Waals surface area contributed by atoms with Crippen LogP contribution < -0.4 is 0 Å². The predicted octanol–water partition coefficient (Wildman–Crippen LogP) is 6.08. The molecular formula is C24H23ClFN5O. The summed E-state index contributed by atoms with van der Waals surface area (Å²) in [4.78, 5) is 21.0. The van der Waals surface area contributed by atoms with Crippen molar-refractivity contribution in [2.24, 2.45) is 23.7 Å². The lowest BCUT2D eigenvalue weighted by Gasteiger charge is -2.47. The summed E-state index contributed by atoms with van der Waals surface area (Å²) in [6.07, 6.45) is 10.4. The summed E-state index contributed by atoms with van der Waals surface area (Å²) < 4.78 is 21.2. The van der Waals surface area contributed by atoms with Gasteiger partial charge in [0.25, 0.3) is 0 Å². The Morgan fingerprint density at radius 1 is 1.16 bits per heavy atom. The molecule has 3 fully saturated rings. The Hall–Kier alpha value is -2.80. The molecule has 0 unspecified atom stereocenters. The van der Waals surface area contributed by atoms with Crippen LogP contribution in [0.25, 0.3) is 34.0 Å². The van der Waals surface area contributed by atoms with E-state index in [4.69, 9.17) is 21.0 Å². The smallest absolute Gasteiger partial charge is 0.174 e. The van der Waals surface area contributed by atoms with Crippen molar-refractivity contribution < 1.29 is 8.81 Å². The average molecular weight is 452 g/mol. The summed E-state index contributed by atoms with van der Waals surface area (Å²) in [5.41, 5.74) is 2.43. The number of aromatic amines is 1. The Labute approximate surface area is 189 Å². The molecule has 2 atom stereocenters. The van der Waals surface area contributed by atoms with Gasteiger partial charge in [0, 0.05) is 6.20 Å². The van der Waals surface area contributed by atoms with Crippen molar-refractivity contribution in [1.29, 1.82) is 0 Å². The fourth-order valence-corrected chi connectivity index (χ4v) is 5.96. The molecule has 0 spiro atoms. The number of hydrogen-bond acceptors (Lipinski definition) is 5. The van der Waals surface area contributed by atoms with E-state index in [1.54, 1.807) is 18.3 Å². The fourth-order valence-electron chi connectivity index (χ4n) is 5.82. The highest BCUT2D eigenvalue weighted by atomic mass is 35.5. The zero-order chi connectivity index (χ0) is 21.8. The molecule has 3 saturated carbocycles. The molecule has 4 aromatic rings. The number of nitrogens with one attached hydrogen (secondary N) is 1. The largest absolute Gasteiger partial charge is 0.463 e. The molecular weight excluding hydrogens is 429 g/mol. The van der Waals surface area contributed by atoms with Crippen molar-refractivity contribution >= 4 is 22.8 Å². The van der Waals surface area contributed by atoms with Gasteiger partial charge in [-0.1, -0.05) is 18.5 Å². The van der Waals surface area contributed by atoms with Crippen LogP contribution in [-0.4, -0.2) is 24.9 Å². The number of hydrogen-bond donors (Lipinski definition) is 1. The average Bonchev–Trinajstić information content (AvgIpc) is 3.48. The third-order valence-corrected chi connectivity index (χ3v) is 7.72. The van der Waals surface area contributed by atoms with E-state index in [9.17, 15) is 0 Å². The van der Waals surface area contributed by atoms with Crippen LogP contribution in [0.2, 0.25) is 5.15 Å². The molecule has 0 radical (unpaired) electrons. The molecule has 0 amide bonds. The van der Waals surface area contributed by atoms with Gasteiger partial charge >= 0.3 is 0 Å². The minimum absolute atomic E-state index is 0.180. The summed E-state index contributed by atoms with van der Waals surface area (Å²) in [6.45, 7) is 2.33. The minimum Gasteiger partial charge on any atom is -0.463 e. The lowest BCUT2D eigenvalue weighted by molar-refractivity contribution is 0.0334. The molecule has 1 N–H and O–H groups in total. The summed E-state index contributed by atoms with van der Waals surface area (Å²) >= 11 is 5.98. The van der Waals surface area contributed by atoms with Gasteiger partial charge in [-0.2, -0.15) is 0 Å². The van der Waals surface area contributed by atoms with Gasteiger partial charge in [-0.15, -0.1) is 0 Å². The molecule has 6 nitrogen and oxygen atoms in total. The van der Waals surface area contributed by atoms with Gasteiger partial charge in [-0.25, -0.2) is 24.3 Å². The molecule has 7 rings (SSSR count). The number of nitrogens with zero attached hydrogens (tertiary/aromatic N) is 4. The van der Waals surface area contributed by atoms with Crippen LogP contribution in [-0.2, 0) is 6.42 Å². The molecule has 4 aromatic heterocycles. The fraction of sp³-hybridized carbons (Fsp3) is 0.417. The van der Waals surface area contributed by atoms with Crippen molar-refractivity contribution in [3.8, 4) is 22.8 Å². The summed E-state index contributed by atoms with van der Waals surface area (Å²) in [5.74, 6) is 2.79. The molecule has 0 aromatic carbocycles. The van der Waals surface area contributed by atoms with Crippen LogP contribution in [0.5, 0.6) is 0 Å². The summed E-state index contributed by atoms with van der Waals surface area (Å²) in [7, 11) is 0. The standard InChI is InChI=1S/C24H23ClFN5O/c1-12-13-4-6-14(7-5-13)15(12)9-17-20(26)22(18-3-2-8-32-18)31-23(29-17)16-10-28-24-21(16)27-11-19(25)30-24/h2-3,8,10-15H,4-7,9H2,1H3,(H,28,30)/t12-,13?,14?,15+/m0/s1. The van der Waals surface area contributed by atoms with Crippen LogP contribution in [0.3, 0.4) is 0 Å². The molecule has 0 saturated heterocycles. The van der Waals surface area contributed by atoms with Crippen molar-refractivity contribution in [3.05, 3.63) is 47.5 Å². The Kier molecular flexibility index (Phi) is 4.75. The van der Waals surface area contributed by atoms with Gasteiger partial charge in [-0.3, -0.25) is 0 Å². The molecule has 0 aliphatic heterocycles. The second kappa shape index (κ2) is 7.66. The van der Waals surface area contributed by atoms with Gasteiger partial charge < -0.3 is 9.40 Å². The normalized spacial score (nSPS) is 25.0. The lowest BCUT2D eigenvalue weighted by atomic mass is 9.58. The SMILES string of the molecule is C[C@H]1C2CCC(CC2)[C@@H]1Cc1nc(-c2c[nH]c3nc(Cl)cnc23)nc(-c2ccco2)c1F. The maximum Gasteiger partial charge on any atom is 0.174 e. The molecule has 3 aliphatic rings. The van der Waals surface area contributed by atoms with E-state index >= 15 is 4.39 Å². The van der Waals surface area contributed by atoms with Gasteiger partial charge in [0.2, 0.25) is 0 Å². The van der Waals surface area contributed by atoms with Crippen LogP contribution in [0, 0.1) is 29.5 Å². The number of H-pyrrole nitrogens is 1. The highest BCUT2D eigenvalue weighted by molar-refractivity contribution is 6.29. The van der Waals surface area contributed by atoms with Crippen LogP contribution in [0.15, 0.2) is 35.2 Å². The third-order valence-electron chi connectivity index (χ3n) is 7.54. The first kappa shape index (κ1) is 19.9. The Morgan fingerprint density at radius 3 is 2.72 bits per heavy atom. The minimum atomic E-state index is -0.397. The van der Waals surface area contributed by atoms with Crippen LogP contribution in [0.1, 0.15) is 38.3 Å². The Bertz CT molecular complexity index is 1280. The topological polar surface area (TPSA) is 80.5 Å². The zero-order valence-corrected chi connectivity index (χ0v) is 18.4. The summed E-state index contributed by atoms with van der Waals surface area (Å²) in [5, 5.41) is 0.296. The first-order valence-corrected chi connectivity index (χ1v) is 11.6. The monoisotopic (exact) mass is 451 g/mol. The van der Waals surface area contributed by atoms with Crippen molar-refractivity contribution in [3.63, 3.8) is 0 Å². The Balaban J connectivity index is 1.47. The van der Waals surface area contributed by atoms with E-state index in [1.807, 2.05) is 0 Å². The second-order valence-electron chi connectivity index (χ2n) is 9.13. The van der Waals surface area contributed by atoms with E-state index in [0.717, 1.165) is 5.92 Å². The van der Waals surface area contributed by atoms with E-state index in [2.05, 4.69) is 26.9 Å². The van der Waals surface area contributed by atoms with E-state index < -0.39 is 5.82 Å². The molecule has 164 valence electrons. The second-order valence-corrected chi connectivity index (χ2v) is 9.52. The lowest BCUT2D eigenvalue weighted by Crippen LogP contribution is -2.39. The first-order valence-electron chi connectivity index (χ1n) is 11.2. The zero-order valence-electron chi connectivity index (χ0n) is 17.7. The maximum atomic E-state index is 15.7. The number of fused-ring (bicyclic) bond motifs is 4. The highest BCUT2D eigenvalue weighted by Gasteiger charge is 2.41. The van der Waals surface area contributed by atoms with Gasteiger partial charge in [0.1, 0.15) is 16.4 Å². The van der Waals surface area contributed by atoms with E-state index in [0.29, 0.717) is 63.3 Å². The number of rotatable bonds is 4. The first-order chi connectivity index (χ1) is 15.6. The number of aromatic nitrogens is 5. The molecule has 32 heavy (non-hydrogen) atoms. The molecule has 8 heteroatoms. The van der Waals surface area contributed by atoms with Gasteiger partial charge in [0.05, 0.1) is 23.7 Å². The third kappa shape index (κ3) is 3.22. The Morgan fingerprint density at radius 2 is 1.97 bits per heavy atom. The maximum absolute atomic E-state index is 15.7. The predicted molar refractivity (Wildman–Crippen MR) is 119 cm³/mol.